The van der Waals surface area contributed by atoms with Crippen molar-refractivity contribution in [2.75, 3.05) is 18.1 Å². The van der Waals surface area contributed by atoms with Crippen molar-refractivity contribution in [3.63, 3.8) is 0 Å². The highest BCUT2D eigenvalue weighted by molar-refractivity contribution is 6.18. The fraction of sp³-hybridized carbons (Fsp3) is 0.348. The van der Waals surface area contributed by atoms with Gasteiger partial charge in [0, 0.05) is 18.5 Å². The van der Waals surface area contributed by atoms with Crippen molar-refractivity contribution in [2.24, 2.45) is 0 Å². The summed E-state index contributed by atoms with van der Waals surface area (Å²) in [5.41, 5.74) is -0.374. The van der Waals surface area contributed by atoms with Crippen molar-refractivity contribution in [3.05, 3.63) is 60.2 Å². The van der Waals surface area contributed by atoms with E-state index in [2.05, 4.69) is 0 Å². The van der Waals surface area contributed by atoms with Crippen LogP contribution in [0.25, 0.3) is 0 Å². The molecule has 0 bridgehead atoms. The summed E-state index contributed by atoms with van der Waals surface area (Å²) < 4.78 is 16.1. The lowest BCUT2D eigenvalue weighted by molar-refractivity contribution is -0.164. The summed E-state index contributed by atoms with van der Waals surface area (Å²) in [7, 11) is 0. The van der Waals surface area contributed by atoms with Crippen LogP contribution in [0.2, 0.25) is 0 Å². The summed E-state index contributed by atoms with van der Waals surface area (Å²) in [6.45, 7) is 3.88. The van der Waals surface area contributed by atoms with Gasteiger partial charge in [-0.3, -0.25) is 9.69 Å². The van der Waals surface area contributed by atoms with E-state index in [1.807, 2.05) is 30.3 Å². The standard InChI is InChI=1S/C23H25NO6/c1-3-28-21(26)23(22(27)29-4-2)15-14-20(25)24(23)18-10-12-19(13-11-18)30-16-17-8-6-5-7-9-17/h5-13H,3-4,14-16H2,1-2H3. The van der Waals surface area contributed by atoms with E-state index in [1.165, 1.54) is 4.90 Å². The minimum atomic E-state index is -1.81. The minimum Gasteiger partial charge on any atom is -0.489 e. The highest BCUT2D eigenvalue weighted by atomic mass is 16.6. The molecule has 0 aromatic heterocycles. The molecule has 2 aromatic carbocycles. The van der Waals surface area contributed by atoms with Crippen molar-refractivity contribution < 1.29 is 28.6 Å². The maximum atomic E-state index is 12.8. The second-order valence-corrected chi connectivity index (χ2v) is 6.80. The average Bonchev–Trinajstić information content (AvgIpc) is 3.12. The van der Waals surface area contributed by atoms with Gasteiger partial charge in [0.1, 0.15) is 12.4 Å². The van der Waals surface area contributed by atoms with Gasteiger partial charge >= 0.3 is 11.9 Å². The van der Waals surface area contributed by atoms with E-state index < -0.39 is 17.5 Å². The molecule has 0 unspecified atom stereocenters. The maximum absolute atomic E-state index is 12.8. The zero-order valence-electron chi connectivity index (χ0n) is 17.1. The molecule has 7 heteroatoms. The Morgan fingerprint density at radius 3 is 2.10 bits per heavy atom. The number of amides is 1. The molecule has 0 saturated carbocycles. The Hall–Kier alpha value is -3.35. The van der Waals surface area contributed by atoms with E-state index in [9.17, 15) is 14.4 Å². The molecule has 1 aliphatic heterocycles. The highest BCUT2D eigenvalue weighted by Gasteiger charge is 2.60. The number of carbonyl (C=O) groups excluding carboxylic acids is 3. The van der Waals surface area contributed by atoms with Crippen LogP contribution in [-0.2, 0) is 30.5 Å². The molecule has 3 rings (SSSR count). The lowest BCUT2D eigenvalue weighted by atomic mass is 9.95. The number of rotatable bonds is 8. The number of hydrogen-bond acceptors (Lipinski definition) is 6. The van der Waals surface area contributed by atoms with Crippen LogP contribution in [0.4, 0.5) is 5.69 Å². The van der Waals surface area contributed by atoms with Gasteiger partial charge in [-0.25, -0.2) is 9.59 Å². The lowest BCUT2D eigenvalue weighted by Crippen LogP contribution is -2.59. The topological polar surface area (TPSA) is 82.1 Å². The van der Waals surface area contributed by atoms with Gasteiger partial charge in [0.2, 0.25) is 11.4 Å². The zero-order chi connectivity index (χ0) is 21.6. The molecule has 1 fully saturated rings. The molecule has 2 aromatic rings. The van der Waals surface area contributed by atoms with Crippen molar-refractivity contribution >= 4 is 23.5 Å². The first-order valence-electron chi connectivity index (χ1n) is 9.97. The fourth-order valence-corrected chi connectivity index (χ4v) is 3.49. The van der Waals surface area contributed by atoms with E-state index >= 15 is 0 Å². The Kier molecular flexibility index (Phi) is 6.72. The van der Waals surface area contributed by atoms with Crippen molar-refractivity contribution in [1.82, 2.24) is 0 Å². The summed E-state index contributed by atoms with van der Waals surface area (Å²) in [6, 6.07) is 16.4. The lowest BCUT2D eigenvalue weighted by Gasteiger charge is -2.33. The smallest absolute Gasteiger partial charge is 0.344 e. The molecule has 0 radical (unpaired) electrons. The van der Waals surface area contributed by atoms with Crippen LogP contribution in [0.5, 0.6) is 5.75 Å². The predicted octanol–water partition coefficient (Wildman–Crippen LogP) is 3.26. The van der Waals surface area contributed by atoms with Crippen LogP contribution in [0.3, 0.4) is 0 Å². The van der Waals surface area contributed by atoms with Gasteiger partial charge in [-0.2, -0.15) is 0 Å². The Labute approximate surface area is 175 Å². The third kappa shape index (κ3) is 4.15. The first-order valence-corrected chi connectivity index (χ1v) is 9.97. The number of anilines is 1. The zero-order valence-corrected chi connectivity index (χ0v) is 17.1. The Morgan fingerprint density at radius 1 is 0.933 bits per heavy atom. The monoisotopic (exact) mass is 411 g/mol. The Morgan fingerprint density at radius 2 is 1.53 bits per heavy atom. The molecule has 1 amide bonds. The predicted molar refractivity (Wildman–Crippen MR) is 110 cm³/mol. The van der Waals surface area contributed by atoms with Crippen LogP contribution < -0.4 is 9.64 Å². The number of nitrogens with zero attached hydrogens (tertiary/aromatic N) is 1. The highest BCUT2D eigenvalue weighted by Crippen LogP contribution is 2.38. The van der Waals surface area contributed by atoms with Crippen LogP contribution in [-0.4, -0.2) is 36.6 Å². The van der Waals surface area contributed by atoms with Crippen molar-refractivity contribution in [1.29, 1.82) is 0 Å². The van der Waals surface area contributed by atoms with Crippen LogP contribution in [0, 0.1) is 0 Å². The van der Waals surface area contributed by atoms with E-state index in [1.54, 1.807) is 38.1 Å². The molecule has 30 heavy (non-hydrogen) atoms. The van der Waals surface area contributed by atoms with E-state index in [0.717, 1.165) is 5.56 Å². The molecule has 0 N–H and O–H groups in total. The van der Waals surface area contributed by atoms with Gasteiger partial charge in [-0.15, -0.1) is 0 Å². The molecule has 1 heterocycles. The number of benzene rings is 2. The molecule has 0 aliphatic carbocycles. The van der Waals surface area contributed by atoms with E-state index in [-0.39, 0.29) is 32.0 Å². The molecule has 1 aliphatic rings. The first-order chi connectivity index (χ1) is 14.5. The van der Waals surface area contributed by atoms with Gasteiger partial charge in [0.15, 0.2) is 0 Å². The maximum Gasteiger partial charge on any atom is 0.344 e. The van der Waals surface area contributed by atoms with Gasteiger partial charge in [0.05, 0.1) is 13.2 Å². The van der Waals surface area contributed by atoms with Crippen LogP contribution in [0.1, 0.15) is 32.3 Å². The number of hydrogen-bond donors (Lipinski definition) is 0. The van der Waals surface area contributed by atoms with Crippen LogP contribution >= 0.6 is 0 Å². The summed E-state index contributed by atoms with van der Waals surface area (Å²) in [5, 5.41) is 0. The molecule has 7 nitrogen and oxygen atoms in total. The third-order valence-electron chi connectivity index (χ3n) is 4.90. The summed E-state index contributed by atoms with van der Waals surface area (Å²) in [5.74, 6) is -1.29. The summed E-state index contributed by atoms with van der Waals surface area (Å²) in [4.78, 5) is 39.5. The molecular formula is C23H25NO6. The minimum absolute atomic E-state index is 0.00968. The Balaban J connectivity index is 1.86. The molecular weight excluding hydrogens is 386 g/mol. The number of esters is 2. The normalized spacial score (nSPS) is 15.0. The van der Waals surface area contributed by atoms with Gasteiger partial charge < -0.3 is 14.2 Å². The molecule has 0 spiro atoms. The van der Waals surface area contributed by atoms with E-state index in [4.69, 9.17) is 14.2 Å². The second kappa shape index (κ2) is 9.43. The SMILES string of the molecule is CCOC(=O)C1(C(=O)OCC)CCC(=O)N1c1ccc(OCc2ccccc2)cc1. The molecule has 0 atom stereocenters. The first kappa shape index (κ1) is 21.4. The largest absolute Gasteiger partial charge is 0.489 e. The van der Waals surface area contributed by atoms with Gasteiger partial charge in [-0.05, 0) is 43.7 Å². The summed E-state index contributed by atoms with van der Waals surface area (Å²) >= 11 is 0. The van der Waals surface area contributed by atoms with Gasteiger partial charge in [0.25, 0.3) is 0 Å². The fourth-order valence-electron chi connectivity index (χ4n) is 3.49. The van der Waals surface area contributed by atoms with Crippen molar-refractivity contribution in [2.45, 2.75) is 38.8 Å². The molecule has 1 saturated heterocycles. The quantitative estimate of drug-likeness (QED) is 0.490. The molecule has 158 valence electrons. The van der Waals surface area contributed by atoms with Gasteiger partial charge in [-0.1, -0.05) is 30.3 Å². The number of ether oxygens (including phenoxy) is 3. The Bertz CT molecular complexity index is 876. The van der Waals surface area contributed by atoms with Crippen LogP contribution in [0.15, 0.2) is 54.6 Å². The summed E-state index contributed by atoms with van der Waals surface area (Å²) in [6.07, 6.45) is 0.0552. The average molecular weight is 411 g/mol. The number of carbonyl (C=O) groups is 3. The third-order valence-corrected chi connectivity index (χ3v) is 4.90. The van der Waals surface area contributed by atoms with E-state index in [0.29, 0.717) is 18.0 Å². The van der Waals surface area contributed by atoms with Crippen molar-refractivity contribution in [3.8, 4) is 5.75 Å². The second-order valence-electron chi connectivity index (χ2n) is 6.80.